The van der Waals surface area contributed by atoms with E-state index in [-0.39, 0.29) is 18.4 Å². The Morgan fingerprint density at radius 2 is 2.05 bits per heavy atom. The van der Waals surface area contributed by atoms with Crippen LogP contribution in [0.3, 0.4) is 0 Å². The van der Waals surface area contributed by atoms with Gasteiger partial charge in [0.1, 0.15) is 6.33 Å². The molecule has 1 aliphatic rings. The Labute approximate surface area is 120 Å². The van der Waals surface area contributed by atoms with E-state index in [0.717, 1.165) is 0 Å². The number of nitrogens with two attached hydrogens (primary N) is 1. The molecule has 1 fully saturated rings. The van der Waals surface area contributed by atoms with E-state index in [9.17, 15) is 4.79 Å². The molecule has 1 aliphatic heterocycles. The third kappa shape index (κ3) is 2.60. The Bertz CT molecular complexity index is 641. The molecule has 0 atom stereocenters. The molecule has 3 heterocycles. The first-order valence-corrected chi connectivity index (χ1v) is 6.37. The van der Waals surface area contributed by atoms with Crippen molar-refractivity contribution in [3.63, 3.8) is 0 Å². The molecule has 10 heteroatoms. The second-order valence-corrected chi connectivity index (χ2v) is 4.61. The molecule has 1 amide bonds. The fraction of sp³-hybridized carbons (Fsp3) is 0.364. The van der Waals surface area contributed by atoms with Crippen LogP contribution < -0.4 is 16.2 Å². The van der Waals surface area contributed by atoms with Crippen LogP contribution in [0.5, 0.6) is 0 Å². The number of aromatic nitrogens is 5. The molecule has 0 saturated carbocycles. The fourth-order valence-corrected chi connectivity index (χ4v) is 1.98. The van der Waals surface area contributed by atoms with Crippen LogP contribution in [0.25, 0.3) is 5.95 Å². The van der Waals surface area contributed by atoms with Crippen molar-refractivity contribution in [2.75, 3.05) is 37.0 Å². The zero-order valence-electron chi connectivity index (χ0n) is 11.5. The van der Waals surface area contributed by atoms with Crippen molar-refractivity contribution < 1.29 is 4.79 Å². The van der Waals surface area contributed by atoms with Crippen molar-refractivity contribution in [3.8, 4) is 5.95 Å². The number of anilines is 2. The van der Waals surface area contributed by atoms with Crippen LogP contribution in [0.15, 0.2) is 18.7 Å². The van der Waals surface area contributed by atoms with Crippen LogP contribution in [0, 0.1) is 0 Å². The van der Waals surface area contributed by atoms with Crippen LogP contribution in [0.4, 0.5) is 11.9 Å². The van der Waals surface area contributed by atoms with Gasteiger partial charge in [-0.1, -0.05) is 0 Å². The Morgan fingerprint density at radius 1 is 1.24 bits per heavy atom. The number of imidazole rings is 1. The maximum absolute atomic E-state index is 11.8. The Hall–Kier alpha value is -2.75. The number of hydrazine groups is 1. The minimum Gasteiger partial charge on any atom is -0.342 e. The minimum absolute atomic E-state index is 0.0214. The van der Waals surface area contributed by atoms with Crippen molar-refractivity contribution in [3.05, 3.63) is 18.7 Å². The predicted octanol–water partition coefficient (Wildman–Crippen LogP) is -1.38. The average molecular weight is 289 g/mol. The monoisotopic (exact) mass is 289 g/mol. The quantitative estimate of drug-likeness (QED) is 0.524. The summed E-state index contributed by atoms with van der Waals surface area (Å²) in [4.78, 5) is 32.0. The molecule has 0 bridgehead atoms. The first kappa shape index (κ1) is 13.2. The van der Waals surface area contributed by atoms with E-state index >= 15 is 0 Å². The minimum atomic E-state index is 0.0214. The lowest BCUT2D eigenvalue weighted by Gasteiger charge is -2.32. The average Bonchev–Trinajstić information content (AvgIpc) is 3.04. The number of carbonyl (C=O) groups is 1. The summed E-state index contributed by atoms with van der Waals surface area (Å²) >= 11 is 0. The number of hydrogen-bond donors (Lipinski definition) is 2. The topological polar surface area (TPSA) is 118 Å². The number of nitrogens with zero attached hydrogens (tertiary/aromatic N) is 7. The maximum atomic E-state index is 11.8. The third-order valence-corrected chi connectivity index (χ3v) is 3.22. The van der Waals surface area contributed by atoms with E-state index in [0.29, 0.717) is 25.0 Å². The zero-order chi connectivity index (χ0) is 14.8. The van der Waals surface area contributed by atoms with Gasteiger partial charge < -0.3 is 9.80 Å². The van der Waals surface area contributed by atoms with Gasteiger partial charge in [-0.3, -0.25) is 14.8 Å². The van der Waals surface area contributed by atoms with Gasteiger partial charge in [0.15, 0.2) is 0 Å². The molecule has 10 nitrogen and oxygen atoms in total. The van der Waals surface area contributed by atoms with Gasteiger partial charge in [-0.2, -0.15) is 15.0 Å². The lowest BCUT2D eigenvalue weighted by molar-refractivity contribution is -0.129. The van der Waals surface area contributed by atoms with Gasteiger partial charge in [0.05, 0.1) is 6.54 Å². The Kier molecular flexibility index (Phi) is 3.36. The number of rotatable bonds is 3. The highest BCUT2D eigenvalue weighted by Gasteiger charge is 2.24. The molecule has 110 valence electrons. The second kappa shape index (κ2) is 5.32. The number of nitrogen functional groups attached to an aromatic ring is 1. The van der Waals surface area contributed by atoms with Crippen LogP contribution in [-0.2, 0) is 4.79 Å². The third-order valence-electron chi connectivity index (χ3n) is 3.22. The number of amides is 1. The standard InChI is InChI=1S/C11H15N9O/c1-18-4-5-19(6-8(18)21)10-14-9(17-12)15-11(16-10)20-3-2-13-7-20/h2-3,7H,4-6,12H2,1H3,(H,14,15,16,17). The SMILES string of the molecule is CN1CCN(c2nc(NN)nc(-n3ccnc3)n2)CC1=O. The molecule has 0 spiro atoms. The summed E-state index contributed by atoms with van der Waals surface area (Å²) in [6.07, 6.45) is 4.92. The summed E-state index contributed by atoms with van der Waals surface area (Å²) in [5, 5.41) is 0. The van der Waals surface area contributed by atoms with Crippen LogP contribution >= 0.6 is 0 Å². The molecule has 3 rings (SSSR count). The van der Waals surface area contributed by atoms with Crippen molar-refractivity contribution >= 4 is 17.8 Å². The smallest absolute Gasteiger partial charge is 0.243 e. The van der Waals surface area contributed by atoms with E-state index in [1.807, 2.05) is 0 Å². The van der Waals surface area contributed by atoms with Gasteiger partial charge in [0.25, 0.3) is 0 Å². The Balaban J connectivity index is 1.95. The first-order chi connectivity index (χ1) is 10.2. The highest BCUT2D eigenvalue weighted by Crippen LogP contribution is 2.15. The summed E-state index contributed by atoms with van der Waals surface area (Å²) in [5.74, 6) is 6.44. The van der Waals surface area contributed by atoms with Crippen LogP contribution in [0.1, 0.15) is 0 Å². The molecule has 0 radical (unpaired) electrons. The molecule has 0 unspecified atom stereocenters. The molecule has 1 saturated heterocycles. The zero-order valence-corrected chi connectivity index (χ0v) is 11.5. The number of likely N-dealkylation sites (N-methyl/N-ethyl adjacent to an activating group) is 1. The number of piperazine rings is 1. The molecule has 3 N–H and O–H groups in total. The molecule has 2 aromatic rings. The van der Waals surface area contributed by atoms with E-state index in [1.165, 1.54) is 0 Å². The Morgan fingerprint density at radius 3 is 2.71 bits per heavy atom. The first-order valence-electron chi connectivity index (χ1n) is 6.37. The molecule has 0 aromatic carbocycles. The van der Waals surface area contributed by atoms with Gasteiger partial charge in [-0.25, -0.2) is 10.8 Å². The van der Waals surface area contributed by atoms with Crippen LogP contribution in [-0.4, -0.2) is 62.0 Å². The summed E-state index contributed by atoms with van der Waals surface area (Å²) in [6, 6.07) is 0. The van der Waals surface area contributed by atoms with Crippen molar-refractivity contribution in [2.24, 2.45) is 5.84 Å². The molecular weight excluding hydrogens is 274 g/mol. The molecule has 2 aromatic heterocycles. The second-order valence-electron chi connectivity index (χ2n) is 4.61. The summed E-state index contributed by atoms with van der Waals surface area (Å²) in [7, 11) is 1.77. The summed E-state index contributed by atoms with van der Waals surface area (Å²) in [6.45, 7) is 1.50. The molecule has 21 heavy (non-hydrogen) atoms. The highest BCUT2D eigenvalue weighted by molar-refractivity contribution is 5.81. The van der Waals surface area contributed by atoms with E-state index in [4.69, 9.17) is 5.84 Å². The lowest BCUT2D eigenvalue weighted by Crippen LogP contribution is -2.49. The van der Waals surface area contributed by atoms with Crippen molar-refractivity contribution in [2.45, 2.75) is 0 Å². The predicted molar refractivity (Wildman–Crippen MR) is 74.6 cm³/mol. The largest absolute Gasteiger partial charge is 0.342 e. The van der Waals surface area contributed by atoms with E-state index < -0.39 is 0 Å². The maximum Gasteiger partial charge on any atom is 0.243 e. The fourth-order valence-electron chi connectivity index (χ4n) is 1.98. The van der Waals surface area contributed by atoms with Gasteiger partial charge in [-0.15, -0.1) is 0 Å². The van der Waals surface area contributed by atoms with Gasteiger partial charge in [0.2, 0.25) is 23.8 Å². The highest BCUT2D eigenvalue weighted by atomic mass is 16.2. The summed E-state index contributed by atoms with van der Waals surface area (Å²) in [5.41, 5.74) is 2.41. The summed E-state index contributed by atoms with van der Waals surface area (Å²) < 4.78 is 1.64. The van der Waals surface area contributed by atoms with E-state index in [1.54, 1.807) is 40.1 Å². The van der Waals surface area contributed by atoms with Crippen molar-refractivity contribution in [1.82, 2.24) is 29.4 Å². The number of carbonyl (C=O) groups excluding carboxylic acids is 1. The van der Waals surface area contributed by atoms with Gasteiger partial charge >= 0.3 is 0 Å². The van der Waals surface area contributed by atoms with E-state index in [2.05, 4.69) is 25.4 Å². The normalized spacial score (nSPS) is 15.4. The lowest BCUT2D eigenvalue weighted by atomic mass is 10.3. The van der Waals surface area contributed by atoms with Crippen LogP contribution in [0.2, 0.25) is 0 Å². The number of nitrogens with one attached hydrogen (secondary N) is 1. The van der Waals surface area contributed by atoms with Gasteiger partial charge in [-0.05, 0) is 0 Å². The number of hydrogen-bond acceptors (Lipinski definition) is 8. The van der Waals surface area contributed by atoms with Gasteiger partial charge in [0, 0.05) is 32.5 Å². The molecule has 0 aliphatic carbocycles. The molecular formula is C11H15N9O. The van der Waals surface area contributed by atoms with Crippen molar-refractivity contribution in [1.29, 1.82) is 0 Å².